The van der Waals surface area contributed by atoms with Gasteiger partial charge in [-0.25, -0.2) is 0 Å². The van der Waals surface area contributed by atoms with E-state index < -0.39 is 17.2 Å². The first-order valence-electron chi connectivity index (χ1n) is 11.0. The van der Waals surface area contributed by atoms with Crippen LogP contribution < -0.4 is 0 Å². The summed E-state index contributed by atoms with van der Waals surface area (Å²) in [5, 5.41) is 0. The molecule has 0 aromatic heterocycles. The molecule has 0 rings (SSSR count). The van der Waals surface area contributed by atoms with Crippen molar-refractivity contribution >= 4 is 23.5 Å². The van der Waals surface area contributed by atoms with E-state index in [-0.39, 0.29) is 17.5 Å². The molecular weight excluding hydrogens is 372 g/mol. The molecule has 6 nitrogen and oxygen atoms in total. The van der Waals surface area contributed by atoms with Gasteiger partial charge in [-0.05, 0) is 46.0 Å². The number of carbonyl (C=O) groups is 4. The average molecular weight is 413 g/mol. The van der Waals surface area contributed by atoms with Crippen LogP contribution in [0.1, 0.15) is 112 Å². The Morgan fingerprint density at radius 1 is 0.690 bits per heavy atom. The van der Waals surface area contributed by atoms with Gasteiger partial charge < -0.3 is 9.47 Å². The standard InChI is InChI=1S/C23H40O6/c1-7-22(6,28-19(5)25)20(26)16-14-12-10-11-13-15-17-21(27)29-23(8-2,9-3)18(4)24/h7-17H2,1-6H3. The molecule has 0 amide bonds. The summed E-state index contributed by atoms with van der Waals surface area (Å²) in [7, 11) is 0. The molecule has 168 valence electrons. The van der Waals surface area contributed by atoms with Gasteiger partial charge in [-0.3, -0.25) is 19.2 Å². The Kier molecular flexibility index (Phi) is 12.7. The predicted molar refractivity (Wildman–Crippen MR) is 112 cm³/mol. The second-order valence-electron chi connectivity index (χ2n) is 7.95. The van der Waals surface area contributed by atoms with Crippen molar-refractivity contribution in [1.82, 2.24) is 0 Å². The van der Waals surface area contributed by atoms with Crippen molar-refractivity contribution in [2.24, 2.45) is 0 Å². The fourth-order valence-electron chi connectivity index (χ4n) is 3.40. The molecule has 0 N–H and O–H groups in total. The van der Waals surface area contributed by atoms with Crippen molar-refractivity contribution in [1.29, 1.82) is 0 Å². The molecule has 0 aliphatic carbocycles. The highest BCUT2D eigenvalue weighted by Crippen LogP contribution is 2.23. The molecule has 29 heavy (non-hydrogen) atoms. The zero-order chi connectivity index (χ0) is 22.5. The number of ether oxygens (including phenoxy) is 2. The topological polar surface area (TPSA) is 86.7 Å². The number of Topliss-reactive ketones (excluding diaryl/α,β-unsaturated/α-hetero) is 2. The number of carbonyl (C=O) groups excluding carboxylic acids is 4. The predicted octanol–water partition coefficient (Wildman–Crippen LogP) is 5.10. The summed E-state index contributed by atoms with van der Waals surface area (Å²) >= 11 is 0. The van der Waals surface area contributed by atoms with Gasteiger partial charge in [0.05, 0.1) is 0 Å². The Morgan fingerprint density at radius 3 is 1.59 bits per heavy atom. The first kappa shape index (κ1) is 27.3. The molecule has 1 unspecified atom stereocenters. The smallest absolute Gasteiger partial charge is 0.306 e. The minimum Gasteiger partial charge on any atom is -0.452 e. The highest BCUT2D eigenvalue weighted by molar-refractivity contribution is 5.89. The van der Waals surface area contributed by atoms with Crippen LogP contribution in [-0.4, -0.2) is 34.7 Å². The lowest BCUT2D eigenvalue weighted by atomic mass is 9.92. The highest BCUT2D eigenvalue weighted by atomic mass is 16.6. The highest BCUT2D eigenvalue weighted by Gasteiger charge is 2.35. The molecule has 0 aromatic carbocycles. The van der Waals surface area contributed by atoms with Crippen LogP contribution in [0.2, 0.25) is 0 Å². The van der Waals surface area contributed by atoms with Gasteiger partial charge in [0.2, 0.25) is 0 Å². The molecule has 0 bridgehead atoms. The average Bonchev–Trinajstić information content (AvgIpc) is 2.66. The van der Waals surface area contributed by atoms with Crippen LogP contribution >= 0.6 is 0 Å². The van der Waals surface area contributed by atoms with Crippen LogP contribution in [0.4, 0.5) is 0 Å². The van der Waals surface area contributed by atoms with E-state index in [1.165, 1.54) is 13.8 Å². The maximum absolute atomic E-state index is 12.3. The first-order chi connectivity index (χ1) is 13.6. The van der Waals surface area contributed by atoms with E-state index >= 15 is 0 Å². The summed E-state index contributed by atoms with van der Waals surface area (Å²) in [6.07, 6.45) is 7.51. The lowest BCUT2D eigenvalue weighted by Gasteiger charge is -2.28. The molecule has 0 saturated heterocycles. The van der Waals surface area contributed by atoms with Crippen LogP contribution in [0.15, 0.2) is 0 Å². The van der Waals surface area contributed by atoms with Gasteiger partial charge in [0, 0.05) is 19.8 Å². The fraction of sp³-hybridized carbons (Fsp3) is 0.826. The molecule has 0 aromatic rings. The first-order valence-corrected chi connectivity index (χ1v) is 11.0. The summed E-state index contributed by atoms with van der Waals surface area (Å²) in [5.41, 5.74) is -1.99. The molecule has 6 heteroatoms. The van der Waals surface area contributed by atoms with Crippen molar-refractivity contribution in [3.63, 3.8) is 0 Å². The quantitative estimate of drug-likeness (QED) is 0.259. The summed E-state index contributed by atoms with van der Waals surface area (Å²) in [5.74, 6) is -0.865. The lowest BCUT2D eigenvalue weighted by molar-refractivity contribution is -0.168. The maximum atomic E-state index is 12.3. The third-order valence-electron chi connectivity index (χ3n) is 5.76. The molecule has 0 fully saturated rings. The van der Waals surface area contributed by atoms with Crippen molar-refractivity contribution < 1.29 is 28.7 Å². The number of esters is 2. The van der Waals surface area contributed by atoms with Gasteiger partial charge in [-0.1, -0.05) is 46.5 Å². The summed E-state index contributed by atoms with van der Waals surface area (Å²) in [6, 6.07) is 0. The SMILES string of the molecule is CCC(C)(OC(C)=O)C(=O)CCCCCCCCC(=O)OC(CC)(CC)C(C)=O. The van der Waals surface area contributed by atoms with Crippen molar-refractivity contribution in [2.45, 2.75) is 123 Å². The van der Waals surface area contributed by atoms with Gasteiger partial charge in [-0.2, -0.15) is 0 Å². The van der Waals surface area contributed by atoms with E-state index in [4.69, 9.17) is 9.47 Å². The zero-order valence-electron chi connectivity index (χ0n) is 19.2. The minimum atomic E-state index is -1.02. The molecule has 0 aliphatic heterocycles. The maximum Gasteiger partial charge on any atom is 0.306 e. The summed E-state index contributed by atoms with van der Waals surface area (Å²) in [4.78, 5) is 47.3. The monoisotopic (exact) mass is 412 g/mol. The minimum absolute atomic E-state index is 0.0289. The second kappa shape index (κ2) is 13.5. The van der Waals surface area contributed by atoms with Gasteiger partial charge >= 0.3 is 11.9 Å². The van der Waals surface area contributed by atoms with E-state index in [0.717, 1.165) is 38.5 Å². The van der Waals surface area contributed by atoms with Crippen molar-refractivity contribution in [2.75, 3.05) is 0 Å². The van der Waals surface area contributed by atoms with Crippen LogP contribution in [0.5, 0.6) is 0 Å². The fourth-order valence-corrected chi connectivity index (χ4v) is 3.40. The van der Waals surface area contributed by atoms with Crippen LogP contribution in [0, 0.1) is 0 Å². The zero-order valence-corrected chi connectivity index (χ0v) is 19.2. The third-order valence-corrected chi connectivity index (χ3v) is 5.76. The Balaban J connectivity index is 4.01. The molecule has 0 radical (unpaired) electrons. The number of hydrogen-bond donors (Lipinski definition) is 0. The van der Waals surface area contributed by atoms with Crippen molar-refractivity contribution in [3.8, 4) is 0 Å². The Morgan fingerprint density at radius 2 is 1.17 bits per heavy atom. The third kappa shape index (κ3) is 9.55. The van der Waals surface area contributed by atoms with E-state index in [1.54, 1.807) is 6.92 Å². The Hall–Kier alpha value is -1.72. The molecule has 0 saturated carbocycles. The number of unbranched alkanes of at least 4 members (excludes halogenated alkanes) is 5. The van der Waals surface area contributed by atoms with Crippen LogP contribution in [-0.2, 0) is 28.7 Å². The molecule has 0 aliphatic rings. The molecule has 1 atom stereocenters. The second-order valence-corrected chi connectivity index (χ2v) is 7.95. The van der Waals surface area contributed by atoms with E-state index in [9.17, 15) is 19.2 Å². The number of hydrogen-bond acceptors (Lipinski definition) is 6. The summed E-state index contributed by atoms with van der Waals surface area (Å²) in [6.45, 7) is 10.0. The normalized spacial score (nSPS) is 13.4. The Bertz CT molecular complexity index is 550. The van der Waals surface area contributed by atoms with Crippen LogP contribution in [0.25, 0.3) is 0 Å². The number of rotatable bonds is 16. The molecule has 0 heterocycles. The molecular formula is C23H40O6. The van der Waals surface area contributed by atoms with E-state index in [2.05, 4.69) is 0 Å². The van der Waals surface area contributed by atoms with Gasteiger partial charge in [0.25, 0.3) is 0 Å². The van der Waals surface area contributed by atoms with Gasteiger partial charge in [-0.15, -0.1) is 0 Å². The number of ketones is 2. The van der Waals surface area contributed by atoms with E-state index in [0.29, 0.717) is 32.1 Å². The van der Waals surface area contributed by atoms with Crippen LogP contribution in [0.3, 0.4) is 0 Å². The van der Waals surface area contributed by atoms with E-state index in [1.807, 2.05) is 20.8 Å². The van der Waals surface area contributed by atoms with Crippen molar-refractivity contribution in [3.05, 3.63) is 0 Å². The van der Waals surface area contributed by atoms with Gasteiger partial charge in [0.15, 0.2) is 22.8 Å². The van der Waals surface area contributed by atoms with Gasteiger partial charge in [0.1, 0.15) is 0 Å². The Labute approximate surface area is 176 Å². The molecule has 0 spiro atoms. The lowest BCUT2D eigenvalue weighted by Crippen LogP contribution is -2.40. The summed E-state index contributed by atoms with van der Waals surface area (Å²) < 4.78 is 10.7. The largest absolute Gasteiger partial charge is 0.452 e.